The minimum absolute atomic E-state index is 0.0851. The van der Waals surface area contributed by atoms with Crippen molar-refractivity contribution < 1.29 is 24.8 Å². The summed E-state index contributed by atoms with van der Waals surface area (Å²) in [6.45, 7) is 6.80. The minimum atomic E-state index is -0.676. The molecule has 0 aromatic heterocycles. The molecule has 0 amide bonds. The third-order valence-corrected chi connectivity index (χ3v) is 5.49. The molecule has 0 bridgehead atoms. The molecule has 0 heterocycles. The first-order valence-corrected chi connectivity index (χ1v) is 12.9. The summed E-state index contributed by atoms with van der Waals surface area (Å²) in [5.74, 6) is 0.0851. The van der Waals surface area contributed by atoms with Crippen LogP contribution in [0.1, 0.15) is 78.1 Å². The fourth-order valence-corrected chi connectivity index (χ4v) is 3.49. The average molecular weight is 469 g/mol. The van der Waals surface area contributed by atoms with Crippen molar-refractivity contribution in [2.75, 3.05) is 50.2 Å². The van der Waals surface area contributed by atoms with Crippen molar-refractivity contribution in [2.24, 2.45) is 0 Å². The number of para-hydroxylation sites is 1. The lowest BCUT2D eigenvalue weighted by atomic mass is 10.2. The van der Waals surface area contributed by atoms with E-state index in [0.29, 0.717) is 31.1 Å². The molecule has 1 aromatic carbocycles. The zero-order valence-electron chi connectivity index (χ0n) is 20.9. The Kier molecular flexibility index (Phi) is 17.8. The van der Waals surface area contributed by atoms with E-state index in [4.69, 9.17) is 9.47 Å². The summed E-state index contributed by atoms with van der Waals surface area (Å²) in [7, 11) is 0. The molecule has 192 valence electrons. The summed E-state index contributed by atoms with van der Waals surface area (Å²) in [5.41, 5.74) is 1.16. The maximum absolute atomic E-state index is 10.2. The van der Waals surface area contributed by atoms with Gasteiger partial charge in [-0.2, -0.15) is 0 Å². The van der Waals surface area contributed by atoms with Crippen LogP contribution >= 0.6 is 0 Å². The van der Waals surface area contributed by atoms with Gasteiger partial charge in [-0.25, -0.2) is 0 Å². The van der Waals surface area contributed by atoms with Crippen LogP contribution in [0, 0.1) is 0 Å². The van der Waals surface area contributed by atoms with Crippen molar-refractivity contribution in [1.29, 1.82) is 0 Å². The van der Waals surface area contributed by atoms with Crippen molar-refractivity contribution in [2.45, 2.75) is 90.3 Å². The number of phenolic OH excluding ortho intramolecular Hbond substituents is 1. The summed E-state index contributed by atoms with van der Waals surface area (Å²) in [6, 6.07) is 5.15. The maximum Gasteiger partial charge on any atom is 0.140 e. The van der Waals surface area contributed by atoms with Crippen molar-refractivity contribution in [3.63, 3.8) is 0 Å². The largest absolute Gasteiger partial charge is 0.506 e. The van der Waals surface area contributed by atoms with Crippen LogP contribution in [0.25, 0.3) is 0 Å². The zero-order chi connectivity index (χ0) is 24.2. The molecular weight excluding hydrogens is 420 g/mol. The number of phenols is 1. The molecular formula is C26H48N2O5. The number of anilines is 2. The molecule has 1 rings (SSSR count). The first-order chi connectivity index (χ1) is 16.1. The minimum Gasteiger partial charge on any atom is -0.506 e. The number of nitrogens with one attached hydrogen (secondary N) is 2. The predicted molar refractivity (Wildman–Crippen MR) is 136 cm³/mol. The number of hydrogen-bond donors (Lipinski definition) is 5. The molecule has 1 aromatic rings. The fourth-order valence-electron chi connectivity index (χ4n) is 3.49. The maximum atomic E-state index is 10.2. The van der Waals surface area contributed by atoms with Crippen LogP contribution in [0.15, 0.2) is 18.2 Å². The van der Waals surface area contributed by atoms with Gasteiger partial charge in [0.15, 0.2) is 0 Å². The summed E-state index contributed by atoms with van der Waals surface area (Å²) in [4.78, 5) is 0. The highest BCUT2D eigenvalue weighted by atomic mass is 16.5. The number of benzene rings is 1. The Morgan fingerprint density at radius 2 is 1.24 bits per heavy atom. The lowest BCUT2D eigenvalue weighted by Crippen LogP contribution is -2.27. The van der Waals surface area contributed by atoms with Crippen LogP contribution in [-0.4, -0.2) is 67.0 Å². The highest BCUT2D eigenvalue weighted by Gasteiger charge is 2.12. The number of aliphatic hydroxyl groups excluding tert-OH is 2. The highest BCUT2D eigenvalue weighted by molar-refractivity contribution is 5.75. The lowest BCUT2D eigenvalue weighted by molar-refractivity contribution is 0.0414. The smallest absolute Gasteiger partial charge is 0.140 e. The van der Waals surface area contributed by atoms with Gasteiger partial charge in [-0.15, -0.1) is 0 Å². The second-order valence-electron chi connectivity index (χ2n) is 8.75. The average Bonchev–Trinajstić information content (AvgIpc) is 2.81. The van der Waals surface area contributed by atoms with E-state index in [1.807, 2.05) is 6.07 Å². The van der Waals surface area contributed by atoms with E-state index in [0.717, 1.165) is 25.7 Å². The Morgan fingerprint density at radius 1 is 0.727 bits per heavy atom. The van der Waals surface area contributed by atoms with Crippen LogP contribution in [0.4, 0.5) is 11.4 Å². The van der Waals surface area contributed by atoms with E-state index in [9.17, 15) is 15.3 Å². The molecule has 0 aliphatic rings. The summed E-state index contributed by atoms with van der Waals surface area (Å²) < 4.78 is 11.1. The molecule has 0 aliphatic heterocycles. The Bertz CT molecular complexity index is 588. The Balaban J connectivity index is 2.28. The molecule has 5 N–H and O–H groups in total. The van der Waals surface area contributed by atoms with Crippen molar-refractivity contribution in [1.82, 2.24) is 0 Å². The zero-order valence-corrected chi connectivity index (χ0v) is 20.9. The van der Waals surface area contributed by atoms with Gasteiger partial charge < -0.3 is 35.4 Å². The molecule has 0 saturated heterocycles. The first-order valence-electron chi connectivity index (χ1n) is 12.9. The van der Waals surface area contributed by atoms with Crippen molar-refractivity contribution >= 4 is 11.4 Å². The first kappa shape index (κ1) is 29.5. The third-order valence-electron chi connectivity index (χ3n) is 5.49. The predicted octanol–water partition coefficient (Wildman–Crippen LogP) is 4.91. The normalized spacial score (nSPS) is 13.1. The van der Waals surface area contributed by atoms with Crippen LogP contribution in [0.2, 0.25) is 0 Å². The molecule has 0 spiro atoms. The van der Waals surface area contributed by atoms with Gasteiger partial charge in [-0.3, -0.25) is 0 Å². The summed E-state index contributed by atoms with van der Waals surface area (Å²) in [6.07, 6.45) is 10.5. The Morgan fingerprint density at radius 3 is 1.79 bits per heavy atom. The monoisotopic (exact) mass is 468 g/mol. The van der Waals surface area contributed by atoms with Crippen LogP contribution in [-0.2, 0) is 9.47 Å². The van der Waals surface area contributed by atoms with Gasteiger partial charge in [0.25, 0.3) is 0 Å². The van der Waals surface area contributed by atoms with E-state index in [1.165, 1.54) is 38.5 Å². The molecule has 7 nitrogen and oxygen atoms in total. The third kappa shape index (κ3) is 15.1. The van der Waals surface area contributed by atoms with Gasteiger partial charge in [-0.05, 0) is 25.0 Å². The number of ether oxygens (including phenoxy) is 2. The number of unbranched alkanes of at least 4 members (excludes halogenated alkanes) is 8. The Hall–Kier alpha value is -1.54. The topological polar surface area (TPSA) is 103 Å². The lowest BCUT2D eigenvalue weighted by Gasteiger charge is -2.19. The van der Waals surface area contributed by atoms with Crippen LogP contribution in [0.5, 0.6) is 5.75 Å². The van der Waals surface area contributed by atoms with Gasteiger partial charge >= 0.3 is 0 Å². The van der Waals surface area contributed by atoms with Crippen molar-refractivity contribution in [3.05, 3.63) is 18.2 Å². The molecule has 0 saturated carbocycles. The number of aliphatic hydroxyl groups is 2. The van der Waals surface area contributed by atoms with Gasteiger partial charge in [0, 0.05) is 26.3 Å². The van der Waals surface area contributed by atoms with Crippen LogP contribution < -0.4 is 10.6 Å². The van der Waals surface area contributed by atoms with E-state index < -0.39 is 12.2 Å². The summed E-state index contributed by atoms with van der Waals surface area (Å²) >= 11 is 0. The van der Waals surface area contributed by atoms with E-state index in [-0.39, 0.29) is 25.5 Å². The quantitative estimate of drug-likeness (QED) is 0.122. The molecule has 33 heavy (non-hydrogen) atoms. The Labute approximate surface area is 200 Å². The SMILES string of the molecule is CCCCCCCOCC(O)CNc1cccc(O)c1NCC(O)COCCCCCCC. The number of rotatable bonds is 22. The standard InChI is InChI=1S/C26H48N2O5/c1-3-5-7-9-11-16-32-20-22(29)18-27-24-14-13-15-25(31)26(24)28-19-23(30)21-33-17-12-10-8-6-4-2/h13-15,22-23,27-31H,3-12,16-21H2,1-2H3. The molecule has 0 aliphatic carbocycles. The van der Waals surface area contributed by atoms with Crippen LogP contribution in [0.3, 0.4) is 0 Å². The van der Waals surface area contributed by atoms with Gasteiger partial charge in [-0.1, -0.05) is 71.3 Å². The van der Waals surface area contributed by atoms with E-state index >= 15 is 0 Å². The van der Waals surface area contributed by atoms with E-state index in [2.05, 4.69) is 24.5 Å². The molecule has 2 atom stereocenters. The van der Waals surface area contributed by atoms with E-state index in [1.54, 1.807) is 12.1 Å². The summed E-state index contributed by atoms with van der Waals surface area (Å²) in [5, 5.41) is 36.9. The van der Waals surface area contributed by atoms with Crippen molar-refractivity contribution in [3.8, 4) is 5.75 Å². The van der Waals surface area contributed by atoms with Gasteiger partial charge in [0.1, 0.15) is 11.4 Å². The molecule has 2 unspecified atom stereocenters. The molecule has 7 heteroatoms. The highest BCUT2D eigenvalue weighted by Crippen LogP contribution is 2.31. The van der Waals surface area contributed by atoms with Gasteiger partial charge in [0.05, 0.1) is 31.1 Å². The second kappa shape index (κ2) is 19.9. The number of aromatic hydroxyl groups is 1. The fraction of sp³-hybridized carbons (Fsp3) is 0.769. The van der Waals surface area contributed by atoms with Gasteiger partial charge in [0.2, 0.25) is 0 Å². The molecule has 0 radical (unpaired) electrons. The second-order valence-corrected chi connectivity index (χ2v) is 8.75. The molecule has 0 fully saturated rings. The number of hydrogen-bond acceptors (Lipinski definition) is 7.